The Morgan fingerprint density at radius 3 is 2.74 bits per heavy atom. The van der Waals surface area contributed by atoms with Crippen LogP contribution >= 0.6 is 11.6 Å². The summed E-state index contributed by atoms with van der Waals surface area (Å²) >= 11 is 6.02. The fourth-order valence-electron chi connectivity index (χ4n) is 1.61. The van der Waals surface area contributed by atoms with Gasteiger partial charge in [-0.3, -0.25) is 0 Å². The number of ether oxygens (including phenoxy) is 1. The third-order valence-electron chi connectivity index (χ3n) is 2.65. The van der Waals surface area contributed by atoms with Crippen LogP contribution in [0.1, 0.15) is 16.7 Å². The normalized spacial score (nSPS) is 10.0. The highest BCUT2D eigenvalue weighted by atomic mass is 35.5. The summed E-state index contributed by atoms with van der Waals surface area (Å²) in [5.41, 5.74) is 2.11. The molecule has 2 nitrogen and oxygen atoms in total. The van der Waals surface area contributed by atoms with Crippen molar-refractivity contribution in [3.05, 3.63) is 63.9 Å². The number of halogens is 2. The van der Waals surface area contributed by atoms with Crippen molar-refractivity contribution in [1.82, 2.24) is 0 Å². The van der Waals surface area contributed by atoms with E-state index in [2.05, 4.69) is 0 Å². The predicted octanol–water partition coefficient (Wildman–Crippen LogP) is 4.24. The van der Waals surface area contributed by atoms with E-state index in [1.807, 2.05) is 13.0 Å². The molecule has 0 aliphatic heterocycles. The number of rotatable bonds is 3. The van der Waals surface area contributed by atoms with Crippen LogP contribution in [0.5, 0.6) is 5.75 Å². The number of aryl methyl sites for hydroxylation is 1. The lowest BCUT2D eigenvalue weighted by Gasteiger charge is -2.09. The smallest absolute Gasteiger partial charge is 0.165 e. The highest BCUT2D eigenvalue weighted by molar-refractivity contribution is 6.31. The van der Waals surface area contributed by atoms with Crippen molar-refractivity contribution in [2.45, 2.75) is 13.5 Å². The van der Waals surface area contributed by atoms with Crippen LogP contribution < -0.4 is 4.74 Å². The number of hydrogen-bond acceptors (Lipinski definition) is 2. The minimum absolute atomic E-state index is 0.158. The Morgan fingerprint density at radius 2 is 2.05 bits per heavy atom. The Bertz CT molecular complexity index is 649. The molecule has 0 unspecified atom stereocenters. The number of nitriles is 1. The molecule has 4 heteroatoms. The van der Waals surface area contributed by atoms with Crippen molar-refractivity contribution in [2.75, 3.05) is 0 Å². The summed E-state index contributed by atoms with van der Waals surface area (Å²) in [6, 6.07) is 11.6. The average Bonchev–Trinajstić information content (AvgIpc) is 2.40. The monoisotopic (exact) mass is 275 g/mol. The third kappa shape index (κ3) is 3.24. The maximum absolute atomic E-state index is 13.5. The van der Waals surface area contributed by atoms with E-state index in [1.54, 1.807) is 30.3 Å². The standard InChI is InChI=1S/C15H11ClFNO/c1-10-2-5-14(17)15(6-10)19-9-12-4-3-11(8-18)7-13(12)16/h2-7H,9H2,1H3. The molecule has 2 aromatic carbocycles. The Hall–Kier alpha value is -2.05. The largest absolute Gasteiger partial charge is 0.486 e. The summed E-state index contributed by atoms with van der Waals surface area (Å²) in [7, 11) is 0. The van der Waals surface area contributed by atoms with Gasteiger partial charge < -0.3 is 4.74 Å². The van der Waals surface area contributed by atoms with Gasteiger partial charge in [0, 0.05) is 10.6 Å². The highest BCUT2D eigenvalue weighted by Gasteiger charge is 2.06. The molecular formula is C15H11ClFNO. The minimum atomic E-state index is -0.407. The van der Waals surface area contributed by atoms with E-state index in [-0.39, 0.29) is 12.4 Å². The first-order valence-corrected chi connectivity index (χ1v) is 6.05. The second-order valence-corrected chi connectivity index (χ2v) is 4.55. The molecule has 0 N–H and O–H groups in total. The van der Waals surface area contributed by atoms with Gasteiger partial charge in [0.15, 0.2) is 11.6 Å². The van der Waals surface area contributed by atoms with Gasteiger partial charge in [-0.1, -0.05) is 23.7 Å². The van der Waals surface area contributed by atoms with Crippen molar-refractivity contribution < 1.29 is 9.13 Å². The van der Waals surface area contributed by atoms with E-state index in [1.165, 1.54) is 6.07 Å². The third-order valence-corrected chi connectivity index (χ3v) is 3.00. The Kier molecular flexibility index (Phi) is 4.03. The fourth-order valence-corrected chi connectivity index (χ4v) is 1.85. The lowest BCUT2D eigenvalue weighted by Crippen LogP contribution is -1.99. The van der Waals surface area contributed by atoms with E-state index < -0.39 is 5.82 Å². The molecule has 2 aromatic rings. The van der Waals surface area contributed by atoms with E-state index in [0.29, 0.717) is 16.1 Å². The van der Waals surface area contributed by atoms with Crippen molar-refractivity contribution in [2.24, 2.45) is 0 Å². The molecule has 0 heterocycles. The van der Waals surface area contributed by atoms with Crippen LogP contribution in [0.15, 0.2) is 36.4 Å². The second kappa shape index (κ2) is 5.73. The number of nitrogens with zero attached hydrogens (tertiary/aromatic N) is 1. The molecule has 0 spiro atoms. The van der Waals surface area contributed by atoms with Gasteiger partial charge in [-0.25, -0.2) is 4.39 Å². The zero-order chi connectivity index (χ0) is 13.8. The summed E-state index contributed by atoms with van der Waals surface area (Å²) in [5.74, 6) is -0.212. The van der Waals surface area contributed by atoms with E-state index in [4.69, 9.17) is 21.6 Å². The first-order chi connectivity index (χ1) is 9.10. The van der Waals surface area contributed by atoms with Gasteiger partial charge in [0.05, 0.1) is 11.6 Å². The average molecular weight is 276 g/mol. The summed E-state index contributed by atoms with van der Waals surface area (Å²) in [5, 5.41) is 9.18. The summed E-state index contributed by atoms with van der Waals surface area (Å²) in [4.78, 5) is 0. The molecule has 0 amide bonds. The molecule has 0 aliphatic carbocycles. The quantitative estimate of drug-likeness (QED) is 0.839. The molecule has 0 atom stereocenters. The lowest BCUT2D eigenvalue weighted by molar-refractivity contribution is 0.290. The van der Waals surface area contributed by atoms with Crippen LogP contribution in [0.2, 0.25) is 5.02 Å². The molecule has 0 bridgehead atoms. The second-order valence-electron chi connectivity index (χ2n) is 4.14. The van der Waals surface area contributed by atoms with Crippen molar-refractivity contribution >= 4 is 11.6 Å². The van der Waals surface area contributed by atoms with Gasteiger partial charge in [-0.05, 0) is 36.8 Å². The van der Waals surface area contributed by atoms with Gasteiger partial charge in [0.1, 0.15) is 6.61 Å². The predicted molar refractivity (Wildman–Crippen MR) is 71.6 cm³/mol. The van der Waals surface area contributed by atoms with E-state index in [9.17, 15) is 4.39 Å². The fraction of sp³-hybridized carbons (Fsp3) is 0.133. The van der Waals surface area contributed by atoms with Crippen LogP contribution in [0.3, 0.4) is 0 Å². The van der Waals surface area contributed by atoms with Gasteiger partial charge >= 0.3 is 0 Å². The Balaban J connectivity index is 2.15. The van der Waals surface area contributed by atoms with Crippen LogP contribution in [0, 0.1) is 24.1 Å². The van der Waals surface area contributed by atoms with Crippen LogP contribution in [-0.4, -0.2) is 0 Å². The van der Waals surface area contributed by atoms with Crippen LogP contribution in [0.4, 0.5) is 4.39 Å². The molecule has 19 heavy (non-hydrogen) atoms. The SMILES string of the molecule is Cc1ccc(F)c(OCc2ccc(C#N)cc2Cl)c1. The first-order valence-electron chi connectivity index (χ1n) is 5.67. The number of hydrogen-bond donors (Lipinski definition) is 0. The van der Waals surface area contributed by atoms with Gasteiger partial charge in [-0.15, -0.1) is 0 Å². The highest BCUT2D eigenvalue weighted by Crippen LogP contribution is 2.23. The van der Waals surface area contributed by atoms with E-state index >= 15 is 0 Å². The maximum atomic E-state index is 13.5. The minimum Gasteiger partial charge on any atom is -0.486 e. The molecular weight excluding hydrogens is 265 g/mol. The summed E-state index contributed by atoms with van der Waals surface area (Å²) in [6.07, 6.45) is 0. The van der Waals surface area contributed by atoms with Crippen LogP contribution in [-0.2, 0) is 6.61 Å². The molecule has 96 valence electrons. The Morgan fingerprint density at radius 1 is 1.26 bits per heavy atom. The molecule has 0 fully saturated rings. The summed E-state index contributed by atoms with van der Waals surface area (Å²) < 4.78 is 18.9. The summed E-state index contributed by atoms with van der Waals surface area (Å²) in [6.45, 7) is 2.02. The number of benzene rings is 2. The van der Waals surface area contributed by atoms with Crippen molar-refractivity contribution in [1.29, 1.82) is 5.26 Å². The van der Waals surface area contributed by atoms with Gasteiger partial charge in [-0.2, -0.15) is 5.26 Å². The Labute approximate surface area is 116 Å². The maximum Gasteiger partial charge on any atom is 0.165 e. The lowest BCUT2D eigenvalue weighted by atomic mass is 10.1. The molecule has 0 saturated carbocycles. The zero-order valence-corrected chi connectivity index (χ0v) is 11.0. The zero-order valence-electron chi connectivity index (χ0n) is 10.3. The van der Waals surface area contributed by atoms with Crippen molar-refractivity contribution in [3.8, 4) is 11.8 Å². The van der Waals surface area contributed by atoms with Crippen molar-refractivity contribution in [3.63, 3.8) is 0 Å². The van der Waals surface area contributed by atoms with Gasteiger partial charge in [0.2, 0.25) is 0 Å². The van der Waals surface area contributed by atoms with E-state index in [0.717, 1.165) is 5.56 Å². The molecule has 0 saturated heterocycles. The molecule has 0 radical (unpaired) electrons. The molecule has 0 aliphatic rings. The topological polar surface area (TPSA) is 33.0 Å². The molecule has 0 aromatic heterocycles. The molecule has 2 rings (SSSR count). The van der Waals surface area contributed by atoms with Gasteiger partial charge in [0.25, 0.3) is 0 Å². The van der Waals surface area contributed by atoms with Crippen LogP contribution in [0.25, 0.3) is 0 Å². The first kappa shape index (κ1) is 13.4.